The molecule has 0 aliphatic rings. The molecular formula is C14H15ClN2O3. The molecule has 1 N–H and O–H groups in total. The highest BCUT2D eigenvalue weighted by atomic mass is 35.5. The minimum Gasteiger partial charge on any atom is -0.494 e. The highest BCUT2D eigenvalue weighted by Gasteiger charge is 2.20. The van der Waals surface area contributed by atoms with Crippen LogP contribution in [-0.4, -0.2) is 28.0 Å². The molecule has 106 valence electrons. The molecule has 0 bridgehead atoms. The normalized spacial score (nSPS) is 10.7. The molecule has 0 amide bonds. The summed E-state index contributed by atoms with van der Waals surface area (Å²) >= 11 is 6.21. The number of methoxy groups -OCH3 is 1. The van der Waals surface area contributed by atoms with Gasteiger partial charge >= 0.3 is 5.97 Å². The van der Waals surface area contributed by atoms with Crippen molar-refractivity contribution < 1.29 is 14.6 Å². The first-order valence-electron chi connectivity index (χ1n) is 5.98. The van der Waals surface area contributed by atoms with E-state index in [4.69, 9.17) is 21.4 Å². The Kier molecular flexibility index (Phi) is 3.72. The Morgan fingerprint density at radius 1 is 1.40 bits per heavy atom. The molecule has 1 heterocycles. The second-order valence-corrected chi connectivity index (χ2v) is 4.96. The van der Waals surface area contributed by atoms with Gasteiger partial charge in [-0.15, -0.1) is 0 Å². The zero-order valence-electron chi connectivity index (χ0n) is 11.7. The smallest absolute Gasteiger partial charge is 0.356 e. The SMILES string of the molecule is COc1c(Cl)cc(C)c(C)c1-c1cc(C(=O)O)nn1C. The number of rotatable bonds is 3. The number of nitrogens with zero attached hydrogens (tertiary/aromatic N) is 2. The quantitative estimate of drug-likeness (QED) is 0.945. The second kappa shape index (κ2) is 5.17. The second-order valence-electron chi connectivity index (χ2n) is 4.55. The van der Waals surface area contributed by atoms with Crippen molar-refractivity contribution in [2.24, 2.45) is 7.05 Å². The Hall–Kier alpha value is -2.01. The lowest BCUT2D eigenvalue weighted by Gasteiger charge is -2.15. The van der Waals surface area contributed by atoms with Gasteiger partial charge in [-0.3, -0.25) is 4.68 Å². The summed E-state index contributed by atoms with van der Waals surface area (Å²) in [5.41, 5.74) is 3.39. The highest BCUT2D eigenvalue weighted by Crippen LogP contribution is 2.40. The molecule has 20 heavy (non-hydrogen) atoms. The topological polar surface area (TPSA) is 64.3 Å². The first-order valence-corrected chi connectivity index (χ1v) is 6.36. The van der Waals surface area contributed by atoms with Crippen molar-refractivity contribution >= 4 is 17.6 Å². The lowest BCUT2D eigenvalue weighted by molar-refractivity contribution is 0.0689. The number of benzene rings is 1. The van der Waals surface area contributed by atoms with Crippen molar-refractivity contribution in [3.63, 3.8) is 0 Å². The van der Waals surface area contributed by atoms with Crippen molar-refractivity contribution in [1.82, 2.24) is 9.78 Å². The molecule has 6 heteroatoms. The zero-order valence-corrected chi connectivity index (χ0v) is 12.4. The van der Waals surface area contributed by atoms with Crippen LogP contribution in [0.1, 0.15) is 21.6 Å². The van der Waals surface area contributed by atoms with E-state index in [0.29, 0.717) is 16.5 Å². The van der Waals surface area contributed by atoms with Crippen LogP contribution in [0.25, 0.3) is 11.3 Å². The van der Waals surface area contributed by atoms with E-state index in [1.165, 1.54) is 17.9 Å². The molecule has 5 nitrogen and oxygen atoms in total. The minimum absolute atomic E-state index is 0.0124. The van der Waals surface area contributed by atoms with Gasteiger partial charge in [-0.2, -0.15) is 5.10 Å². The van der Waals surface area contributed by atoms with Gasteiger partial charge in [-0.05, 0) is 37.1 Å². The van der Waals surface area contributed by atoms with E-state index < -0.39 is 5.97 Å². The Balaban J connectivity index is 2.78. The molecule has 0 saturated heterocycles. The molecule has 0 spiro atoms. The maximum absolute atomic E-state index is 11.0. The first kappa shape index (κ1) is 14.4. The number of carboxylic acid groups (broad SMARTS) is 1. The number of carboxylic acids is 1. The van der Waals surface area contributed by atoms with Gasteiger partial charge in [0.1, 0.15) is 5.75 Å². The summed E-state index contributed by atoms with van der Waals surface area (Å²) in [5, 5.41) is 13.5. The van der Waals surface area contributed by atoms with Gasteiger partial charge in [0.05, 0.1) is 17.8 Å². The van der Waals surface area contributed by atoms with Gasteiger partial charge in [0.15, 0.2) is 5.69 Å². The van der Waals surface area contributed by atoms with Gasteiger partial charge < -0.3 is 9.84 Å². The van der Waals surface area contributed by atoms with E-state index >= 15 is 0 Å². The largest absolute Gasteiger partial charge is 0.494 e. The lowest BCUT2D eigenvalue weighted by atomic mass is 9.99. The van der Waals surface area contributed by atoms with Gasteiger partial charge in [-0.1, -0.05) is 11.6 Å². The van der Waals surface area contributed by atoms with Crippen molar-refractivity contribution in [2.75, 3.05) is 7.11 Å². The van der Waals surface area contributed by atoms with E-state index in [1.807, 2.05) is 19.9 Å². The van der Waals surface area contributed by atoms with Gasteiger partial charge in [0, 0.05) is 12.6 Å². The van der Waals surface area contributed by atoms with E-state index in [9.17, 15) is 4.79 Å². The third kappa shape index (κ3) is 2.25. The number of hydrogen-bond donors (Lipinski definition) is 1. The zero-order chi connectivity index (χ0) is 15.0. The standard InChI is InChI=1S/C14H15ClN2O3/c1-7-5-9(15)13(20-4)12(8(7)2)11-6-10(14(18)19)16-17(11)3/h5-6H,1-4H3,(H,18,19). The van der Waals surface area contributed by atoms with Crippen LogP contribution < -0.4 is 4.74 Å². The van der Waals surface area contributed by atoms with Crippen molar-refractivity contribution in [3.8, 4) is 17.0 Å². The van der Waals surface area contributed by atoms with Crippen LogP contribution >= 0.6 is 11.6 Å². The fraction of sp³-hybridized carbons (Fsp3) is 0.286. The van der Waals surface area contributed by atoms with Crippen molar-refractivity contribution in [3.05, 3.63) is 34.0 Å². The Morgan fingerprint density at radius 2 is 2.05 bits per heavy atom. The number of halogens is 1. The molecule has 0 unspecified atom stereocenters. The summed E-state index contributed by atoms with van der Waals surface area (Å²) in [7, 11) is 3.23. The van der Waals surface area contributed by atoms with Crippen LogP contribution in [0.4, 0.5) is 0 Å². The molecule has 0 fully saturated rings. The average molecular weight is 295 g/mol. The molecule has 0 aliphatic carbocycles. The third-order valence-corrected chi connectivity index (χ3v) is 3.59. The molecule has 0 saturated carbocycles. The summed E-state index contributed by atoms with van der Waals surface area (Å²) in [6.07, 6.45) is 0. The summed E-state index contributed by atoms with van der Waals surface area (Å²) in [6, 6.07) is 3.34. The van der Waals surface area contributed by atoms with Crippen LogP contribution in [-0.2, 0) is 7.05 Å². The molecule has 2 rings (SSSR count). The maximum atomic E-state index is 11.0. The van der Waals surface area contributed by atoms with Crippen LogP contribution in [0.2, 0.25) is 5.02 Å². The predicted octanol–water partition coefficient (Wildman–Crippen LogP) is 3.06. The van der Waals surface area contributed by atoms with Crippen molar-refractivity contribution in [1.29, 1.82) is 0 Å². The molecule has 2 aromatic rings. The highest BCUT2D eigenvalue weighted by molar-refractivity contribution is 6.32. The van der Waals surface area contributed by atoms with Crippen molar-refractivity contribution in [2.45, 2.75) is 13.8 Å². The number of aryl methyl sites for hydroxylation is 2. The van der Waals surface area contributed by atoms with E-state index in [1.54, 1.807) is 7.05 Å². The molecule has 0 aliphatic heterocycles. The van der Waals surface area contributed by atoms with E-state index in [0.717, 1.165) is 16.7 Å². The number of aromatic carboxylic acids is 1. The van der Waals surface area contributed by atoms with Gasteiger partial charge in [0.2, 0.25) is 0 Å². The predicted molar refractivity (Wildman–Crippen MR) is 76.6 cm³/mol. The first-order chi connectivity index (χ1) is 9.36. The minimum atomic E-state index is -1.07. The monoisotopic (exact) mass is 294 g/mol. The Bertz CT molecular complexity index is 692. The van der Waals surface area contributed by atoms with Crippen LogP contribution in [0.5, 0.6) is 5.75 Å². The number of aromatic nitrogens is 2. The maximum Gasteiger partial charge on any atom is 0.356 e. The Morgan fingerprint density at radius 3 is 2.55 bits per heavy atom. The fourth-order valence-corrected chi connectivity index (χ4v) is 2.50. The fourth-order valence-electron chi connectivity index (χ4n) is 2.16. The summed E-state index contributed by atoms with van der Waals surface area (Å²) < 4.78 is 6.89. The molecular weight excluding hydrogens is 280 g/mol. The lowest BCUT2D eigenvalue weighted by Crippen LogP contribution is -2.01. The van der Waals surface area contributed by atoms with E-state index in [2.05, 4.69) is 5.10 Å². The van der Waals surface area contributed by atoms with E-state index in [-0.39, 0.29) is 5.69 Å². The molecule has 1 aromatic carbocycles. The van der Waals surface area contributed by atoms with Gasteiger partial charge in [-0.25, -0.2) is 4.79 Å². The summed E-state index contributed by atoms with van der Waals surface area (Å²) in [4.78, 5) is 11.0. The number of ether oxygens (including phenoxy) is 1. The molecule has 1 aromatic heterocycles. The summed E-state index contributed by atoms with van der Waals surface area (Å²) in [5.74, 6) is -0.545. The van der Waals surface area contributed by atoms with Crippen LogP contribution in [0, 0.1) is 13.8 Å². The third-order valence-electron chi connectivity index (χ3n) is 3.31. The molecule has 0 atom stereocenters. The average Bonchev–Trinajstić information content (AvgIpc) is 2.75. The Labute approximate surface area is 121 Å². The van der Waals surface area contributed by atoms with Crippen LogP contribution in [0.15, 0.2) is 12.1 Å². The number of carbonyl (C=O) groups is 1. The van der Waals surface area contributed by atoms with Crippen LogP contribution in [0.3, 0.4) is 0 Å². The summed E-state index contributed by atoms with van der Waals surface area (Å²) in [6.45, 7) is 3.88. The van der Waals surface area contributed by atoms with Gasteiger partial charge in [0.25, 0.3) is 0 Å². The molecule has 0 radical (unpaired) electrons. The number of hydrogen-bond acceptors (Lipinski definition) is 3.